The Morgan fingerprint density at radius 2 is 2.03 bits per heavy atom. The molecule has 2 atom stereocenters. The van der Waals surface area contributed by atoms with Crippen molar-refractivity contribution in [2.24, 2.45) is 0 Å². The van der Waals surface area contributed by atoms with E-state index in [0.29, 0.717) is 30.3 Å². The molecule has 1 amide bonds. The van der Waals surface area contributed by atoms with Gasteiger partial charge in [-0.05, 0) is 25.5 Å². The number of aromatic nitrogens is 3. The van der Waals surface area contributed by atoms with Crippen LogP contribution in [0.2, 0.25) is 0 Å². The van der Waals surface area contributed by atoms with Gasteiger partial charge in [0.2, 0.25) is 15.9 Å². The molecule has 0 bridgehead atoms. The molecule has 0 aromatic carbocycles. The van der Waals surface area contributed by atoms with E-state index >= 15 is 0 Å². The van der Waals surface area contributed by atoms with E-state index in [4.69, 9.17) is 0 Å². The Bertz CT molecular complexity index is 1140. The van der Waals surface area contributed by atoms with Crippen LogP contribution in [0.5, 0.6) is 0 Å². The minimum atomic E-state index is -3.65. The molecule has 13 heteroatoms. The topological polar surface area (TPSA) is 131 Å². The summed E-state index contributed by atoms with van der Waals surface area (Å²) in [6.45, 7) is 5.94. The molecule has 3 rings (SSSR count). The van der Waals surface area contributed by atoms with Crippen LogP contribution in [-0.2, 0) is 24.7 Å². The zero-order valence-electron chi connectivity index (χ0n) is 17.0. The van der Waals surface area contributed by atoms with E-state index in [1.54, 1.807) is 31.2 Å². The number of nitrogens with zero attached hydrogens (tertiary/aromatic N) is 4. The quantitative estimate of drug-likeness (QED) is 0.548. The summed E-state index contributed by atoms with van der Waals surface area (Å²) in [6, 6.07) is 2.68. The van der Waals surface area contributed by atoms with Gasteiger partial charge in [-0.2, -0.15) is 4.31 Å². The summed E-state index contributed by atoms with van der Waals surface area (Å²) in [5.74, 6) is -0.264. The summed E-state index contributed by atoms with van der Waals surface area (Å²) in [5.41, 5.74) is 0.463. The highest BCUT2D eigenvalue weighted by molar-refractivity contribution is 8.00. The molecular weight excluding hydrogens is 450 g/mol. The van der Waals surface area contributed by atoms with Crippen molar-refractivity contribution >= 4 is 43.2 Å². The van der Waals surface area contributed by atoms with Crippen LogP contribution in [-0.4, -0.2) is 77.5 Å². The Labute approximate surface area is 180 Å². The molecular formula is C17H25N5O5S3. The molecule has 0 unspecified atom stereocenters. The Morgan fingerprint density at radius 1 is 1.33 bits per heavy atom. The molecule has 166 valence electrons. The van der Waals surface area contributed by atoms with Gasteiger partial charge in [0.25, 0.3) is 0 Å². The Hall–Kier alpha value is -1.70. The summed E-state index contributed by atoms with van der Waals surface area (Å²) in [4.78, 5) is 12.6. The molecule has 3 heterocycles. The molecule has 2 aromatic heterocycles. The fourth-order valence-corrected chi connectivity index (χ4v) is 7.20. The zero-order chi connectivity index (χ0) is 22.1. The number of pyridine rings is 1. The molecule has 2 aromatic rings. The van der Waals surface area contributed by atoms with Crippen LogP contribution in [0.3, 0.4) is 0 Å². The summed E-state index contributed by atoms with van der Waals surface area (Å²) >= 11 is 1.13. The van der Waals surface area contributed by atoms with Gasteiger partial charge < -0.3 is 5.32 Å². The van der Waals surface area contributed by atoms with Gasteiger partial charge >= 0.3 is 0 Å². The first-order valence-electron chi connectivity index (χ1n) is 9.59. The van der Waals surface area contributed by atoms with E-state index < -0.39 is 25.1 Å². The predicted octanol–water partition coefficient (Wildman–Crippen LogP) is 0.544. The SMILES string of the molecule is CCN(CC)S(=O)(=O)c1ccc2nnc(S[C@@H](C)C(=O)N[C@@H]3CCS(=O)(=O)C3)n2c1. The number of amides is 1. The second kappa shape index (κ2) is 8.81. The standard InChI is InChI=1S/C17H25N5O5S3/c1-4-21(5-2)30(26,27)14-6-7-15-19-20-17(22(15)10-14)28-12(3)16(23)18-13-8-9-29(24,25)11-13/h6-7,10,12-13H,4-5,8-9,11H2,1-3H3,(H,18,23)/t12-,13+/m0/s1. The maximum absolute atomic E-state index is 12.8. The predicted molar refractivity (Wildman–Crippen MR) is 114 cm³/mol. The average molecular weight is 476 g/mol. The number of rotatable bonds is 8. The third-order valence-electron chi connectivity index (χ3n) is 4.92. The van der Waals surface area contributed by atoms with Gasteiger partial charge in [0.1, 0.15) is 0 Å². The molecule has 1 aliphatic rings. The Morgan fingerprint density at radius 3 is 2.63 bits per heavy atom. The maximum Gasteiger partial charge on any atom is 0.244 e. The lowest BCUT2D eigenvalue weighted by Crippen LogP contribution is -2.40. The number of sulfonamides is 1. The summed E-state index contributed by atoms with van der Waals surface area (Å²) in [7, 11) is -6.73. The van der Waals surface area contributed by atoms with Crippen molar-refractivity contribution in [1.29, 1.82) is 0 Å². The van der Waals surface area contributed by atoms with Crippen molar-refractivity contribution in [3.63, 3.8) is 0 Å². The molecule has 1 saturated heterocycles. The number of hydrogen-bond donors (Lipinski definition) is 1. The number of carbonyl (C=O) groups is 1. The van der Waals surface area contributed by atoms with E-state index in [0.717, 1.165) is 11.8 Å². The number of sulfone groups is 1. The van der Waals surface area contributed by atoms with Gasteiger partial charge in [0, 0.05) is 25.3 Å². The third-order valence-corrected chi connectivity index (χ3v) is 9.78. The van der Waals surface area contributed by atoms with Crippen LogP contribution in [0.4, 0.5) is 0 Å². The summed E-state index contributed by atoms with van der Waals surface area (Å²) in [5, 5.41) is 10.7. The maximum atomic E-state index is 12.8. The zero-order valence-corrected chi connectivity index (χ0v) is 19.4. The van der Waals surface area contributed by atoms with E-state index in [2.05, 4.69) is 15.5 Å². The fourth-order valence-electron chi connectivity index (χ4n) is 3.23. The number of carbonyl (C=O) groups excluding carboxylic acids is 1. The van der Waals surface area contributed by atoms with Gasteiger partial charge in [-0.1, -0.05) is 25.6 Å². The molecule has 0 aliphatic carbocycles. The molecule has 0 radical (unpaired) electrons. The van der Waals surface area contributed by atoms with Gasteiger partial charge in [-0.25, -0.2) is 16.8 Å². The van der Waals surface area contributed by atoms with Crippen LogP contribution < -0.4 is 5.32 Å². The summed E-state index contributed by atoms with van der Waals surface area (Å²) in [6.07, 6.45) is 1.87. The van der Waals surface area contributed by atoms with Gasteiger partial charge in [0.05, 0.1) is 21.7 Å². The van der Waals surface area contributed by atoms with Crippen molar-refractivity contribution in [2.75, 3.05) is 24.6 Å². The van der Waals surface area contributed by atoms with Crippen LogP contribution in [0.25, 0.3) is 5.65 Å². The highest BCUT2D eigenvalue weighted by Crippen LogP contribution is 2.25. The number of hydrogen-bond acceptors (Lipinski definition) is 8. The lowest BCUT2D eigenvalue weighted by atomic mass is 10.2. The molecule has 0 saturated carbocycles. The van der Waals surface area contributed by atoms with Crippen LogP contribution in [0.1, 0.15) is 27.2 Å². The number of nitrogens with one attached hydrogen (secondary N) is 1. The van der Waals surface area contributed by atoms with E-state index in [9.17, 15) is 21.6 Å². The normalized spacial score (nSPS) is 19.9. The van der Waals surface area contributed by atoms with Crippen LogP contribution in [0.15, 0.2) is 28.4 Å². The number of fused-ring (bicyclic) bond motifs is 1. The third kappa shape index (κ3) is 4.79. The minimum Gasteiger partial charge on any atom is -0.351 e. The average Bonchev–Trinajstić information content (AvgIpc) is 3.24. The lowest BCUT2D eigenvalue weighted by molar-refractivity contribution is -0.120. The van der Waals surface area contributed by atoms with Crippen molar-refractivity contribution in [2.45, 2.75) is 48.5 Å². The largest absolute Gasteiger partial charge is 0.351 e. The molecule has 0 spiro atoms. The molecule has 1 fully saturated rings. The minimum absolute atomic E-state index is 0.0451. The van der Waals surface area contributed by atoms with Crippen LogP contribution in [0, 0.1) is 0 Å². The molecule has 10 nitrogen and oxygen atoms in total. The van der Waals surface area contributed by atoms with E-state index in [1.807, 2.05) is 0 Å². The highest BCUT2D eigenvalue weighted by atomic mass is 32.2. The van der Waals surface area contributed by atoms with Gasteiger partial charge in [-0.15, -0.1) is 10.2 Å². The Kier molecular flexibility index (Phi) is 6.75. The molecule has 1 aliphatic heterocycles. The van der Waals surface area contributed by atoms with Gasteiger partial charge in [0.15, 0.2) is 20.6 Å². The van der Waals surface area contributed by atoms with Crippen molar-refractivity contribution in [3.05, 3.63) is 18.3 Å². The first kappa shape index (κ1) is 23.0. The smallest absolute Gasteiger partial charge is 0.244 e. The fraction of sp³-hybridized carbons (Fsp3) is 0.588. The van der Waals surface area contributed by atoms with E-state index in [1.165, 1.54) is 16.6 Å². The second-order valence-corrected chi connectivity index (χ2v) is 12.5. The summed E-state index contributed by atoms with van der Waals surface area (Å²) < 4.78 is 51.6. The molecule has 30 heavy (non-hydrogen) atoms. The lowest BCUT2D eigenvalue weighted by Gasteiger charge is -2.18. The van der Waals surface area contributed by atoms with E-state index in [-0.39, 0.29) is 28.4 Å². The Balaban J connectivity index is 1.78. The number of thioether (sulfide) groups is 1. The van der Waals surface area contributed by atoms with Crippen molar-refractivity contribution in [1.82, 2.24) is 24.2 Å². The van der Waals surface area contributed by atoms with Crippen molar-refractivity contribution in [3.8, 4) is 0 Å². The van der Waals surface area contributed by atoms with Crippen LogP contribution >= 0.6 is 11.8 Å². The highest BCUT2D eigenvalue weighted by Gasteiger charge is 2.30. The molecule has 1 N–H and O–H groups in total. The van der Waals surface area contributed by atoms with Gasteiger partial charge in [-0.3, -0.25) is 9.20 Å². The monoisotopic (exact) mass is 475 g/mol. The first-order valence-corrected chi connectivity index (χ1v) is 13.7. The first-order chi connectivity index (χ1) is 14.1. The van der Waals surface area contributed by atoms with Crippen molar-refractivity contribution < 1.29 is 21.6 Å². The second-order valence-electron chi connectivity index (χ2n) is 7.03.